The van der Waals surface area contributed by atoms with Crippen LogP contribution in [0.1, 0.15) is 0 Å². The summed E-state index contributed by atoms with van der Waals surface area (Å²) in [5, 5.41) is 16.3. The van der Waals surface area contributed by atoms with Crippen LogP contribution >= 0.6 is 23.5 Å². The molecule has 2 aliphatic rings. The lowest BCUT2D eigenvalue weighted by atomic mass is 10.8. The van der Waals surface area contributed by atoms with Gasteiger partial charge in [-0.25, -0.2) is 16.8 Å². The van der Waals surface area contributed by atoms with Crippen LogP contribution in [0, 0.1) is 0 Å². The lowest BCUT2D eigenvalue weighted by Crippen LogP contribution is -2.27. The van der Waals surface area contributed by atoms with Crippen LogP contribution in [0.3, 0.4) is 0 Å². The molecule has 0 spiro atoms. The summed E-state index contributed by atoms with van der Waals surface area (Å²) in [7, 11) is -8.67. The SMILES string of the molecule is NC1=NCCS1.NC1=NCCS1.O=C(O)CS(=O)(=O)CS(=O)(=O)CC(=O)O. The summed E-state index contributed by atoms with van der Waals surface area (Å²) in [4.78, 5) is 27.9. The van der Waals surface area contributed by atoms with Crippen LogP contribution in [0.25, 0.3) is 0 Å². The molecule has 156 valence electrons. The summed E-state index contributed by atoms with van der Waals surface area (Å²) in [5.41, 5.74) is 10.5. The second-order valence-corrected chi connectivity index (χ2v) is 11.5. The molecule has 2 rings (SSSR count). The van der Waals surface area contributed by atoms with Gasteiger partial charge in [-0.3, -0.25) is 19.6 Å². The maximum Gasteiger partial charge on any atom is 0.318 e. The molecule has 0 atom stereocenters. The van der Waals surface area contributed by atoms with Crippen LogP contribution in [0.4, 0.5) is 0 Å². The van der Waals surface area contributed by atoms with E-state index in [9.17, 15) is 26.4 Å². The maximum absolute atomic E-state index is 10.9. The Morgan fingerprint density at radius 1 is 0.852 bits per heavy atom. The van der Waals surface area contributed by atoms with Gasteiger partial charge >= 0.3 is 11.9 Å². The summed E-state index contributed by atoms with van der Waals surface area (Å²) in [5.74, 6) is -3.92. The van der Waals surface area contributed by atoms with E-state index in [1.165, 1.54) is 0 Å². The van der Waals surface area contributed by atoms with E-state index in [-0.39, 0.29) is 0 Å². The Balaban J connectivity index is 0.000000452. The molecule has 0 aliphatic carbocycles. The number of amidine groups is 2. The fraction of sp³-hybridized carbons (Fsp3) is 0.636. The molecule has 0 saturated carbocycles. The predicted molar refractivity (Wildman–Crippen MR) is 106 cm³/mol. The summed E-state index contributed by atoms with van der Waals surface area (Å²) in [6.07, 6.45) is 0. The summed E-state index contributed by atoms with van der Waals surface area (Å²) >= 11 is 3.25. The van der Waals surface area contributed by atoms with E-state index in [1.54, 1.807) is 23.5 Å². The number of carboxylic acid groups (broad SMARTS) is 2. The molecule has 27 heavy (non-hydrogen) atoms. The lowest BCUT2D eigenvalue weighted by Gasteiger charge is -2.01. The maximum atomic E-state index is 10.9. The number of carboxylic acids is 2. The first kappa shape index (κ1) is 25.5. The number of sulfone groups is 2. The molecule has 0 saturated heterocycles. The van der Waals surface area contributed by atoms with E-state index in [2.05, 4.69) is 9.98 Å². The number of hydrogen-bond donors (Lipinski definition) is 4. The molecule has 16 heteroatoms. The number of hydrogen-bond acceptors (Lipinski definition) is 12. The van der Waals surface area contributed by atoms with Gasteiger partial charge in [-0.15, -0.1) is 0 Å². The molecular weight excluding hydrogens is 444 g/mol. The highest BCUT2D eigenvalue weighted by atomic mass is 32.3. The van der Waals surface area contributed by atoms with Crippen LogP contribution in [0.2, 0.25) is 0 Å². The van der Waals surface area contributed by atoms with Crippen molar-refractivity contribution in [2.24, 2.45) is 21.5 Å². The van der Waals surface area contributed by atoms with Gasteiger partial charge in [-0.1, -0.05) is 23.5 Å². The van der Waals surface area contributed by atoms with Crippen molar-refractivity contribution in [2.45, 2.75) is 0 Å². The Kier molecular flexibility index (Phi) is 11.4. The fourth-order valence-corrected chi connectivity index (χ4v) is 6.19. The first-order valence-electron chi connectivity index (χ1n) is 7.03. The molecule has 2 heterocycles. The van der Waals surface area contributed by atoms with Crippen LogP contribution in [-0.2, 0) is 29.3 Å². The van der Waals surface area contributed by atoms with Crippen molar-refractivity contribution in [3.63, 3.8) is 0 Å². The van der Waals surface area contributed by atoms with Crippen molar-refractivity contribution in [1.29, 1.82) is 0 Å². The molecule has 0 radical (unpaired) electrons. The highest BCUT2D eigenvalue weighted by molar-refractivity contribution is 8.14. The Bertz CT molecular complexity index is 725. The summed E-state index contributed by atoms with van der Waals surface area (Å²) in [6.45, 7) is 1.83. The third kappa shape index (κ3) is 15.3. The standard InChI is InChI=1S/C5H8O8S2.2C3H6N2S/c6-4(7)1-14(10,11)3-15(12,13)2-5(8)9;2*4-3-5-1-2-6-3/h1-3H2,(H,6,7)(H,8,9);2*1-2H2,(H2,4,5). The van der Waals surface area contributed by atoms with Gasteiger partial charge in [0.1, 0.15) is 11.5 Å². The normalized spacial score (nSPS) is 16.1. The zero-order valence-corrected chi connectivity index (χ0v) is 17.2. The zero-order valence-electron chi connectivity index (χ0n) is 14.0. The van der Waals surface area contributed by atoms with Gasteiger partial charge in [0, 0.05) is 11.5 Å². The first-order valence-corrected chi connectivity index (χ1v) is 12.6. The number of thioether (sulfide) groups is 2. The number of aliphatic imine (C=N–C) groups is 2. The Hall–Kier alpha value is -1.52. The predicted octanol–water partition coefficient (Wildman–Crippen LogP) is -1.96. The highest BCUT2D eigenvalue weighted by Crippen LogP contribution is 2.05. The van der Waals surface area contributed by atoms with E-state index in [4.69, 9.17) is 21.7 Å². The molecule has 0 unspecified atom stereocenters. The number of aliphatic carboxylic acids is 2. The van der Waals surface area contributed by atoms with Gasteiger partial charge in [0.05, 0.1) is 13.1 Å². The van der Waals surface area contributed by atoms with Gasteiger partial charge in [0.2, 0.25) is 0 Å². The van der Waals surface area contributed by atoms with Crippen LogP contribution < -0.4 is 11.5 Å². The third-order valence-electron chi connectivity index (χ3n) is 2.26. The minimum atomic E-state index is -4.33. The Morgan fingerprint density at radius 3 is 1.33 bits per heavy atom. The van der Waals surface area contributed by atoms with E-state index in [0.717, 1.165) is 34.9 Å². The molecule has 2 aliphatic heterocycles. The van der Waals surface area contributed by atoms with Crippen molar-refractivity contribution >= 4 is 65.5 Å². The molecule has 0 bridgehead atoms. The van der Waals surface area contributed by atoms with Crippen molar-refractivity contribution in [3.05, 3.63) is 0 Å². The number of nitrogens with zero attached hydrogens (tertiary/aromatic N) is 2. The summed E-state index contributed by atoms with van der Waals surface area (Å²) in [6, 6.07) is 0. The minimum absolute atomic E-state index is 0.745. The molecule has 0 aromatic rings. The Morgan fingerprint density at radius 2 is 1.19 bits per heavy atom. The Labute approximate surface area is 164 Å². The fourth-order valence-electron chi connectivity index (χ4n) is 1.44. The van der Waals surface area contributed by atoms with Crippen molar-refractivity contribution in [3.8, 4) is 0 Å². The molecule has 0 amide bonds. The second-order valence-electron chi connectivity index (χ2n) is 4.82. The topological polar surface area (TPSA) is 220 Å². The monoisotopic (exact) mass is 464 g/mol. The number of nitrogens with two attached hydrogens (primary N) is 2. The second kappa shape index (κ2) is 12.0. The lowest BCUT2D eigenvalue weighted by molar-refractivity contribution is -0.135. The molecule has 6 N–H and O–H groups in total. The zero-order chi connectivity index (χ0) is 21.1. The van der Waals surface area contributed by atoms with Crippen molar-refractivity contribution in [1.82, 2.24) is 0 Å². The summed E-state index contributed by atoms with van der Waals surface area (Å²) < 4.78 is 43.5. The molecule has 0 fully saturated rings. The van der Waals surface area contributed by atoms with Gasteiger partial charge in [0.15, 0.2) is 35.1 Å². The van der Waals surface area contributed by atoms with Gasteiger partial charge in [-0.2, -0.15) is 0 Å². The van der Waals surface area contributed by atoms with E-state index >= 15 is 0 Å². The third-order valence-corrected chi connectivity index (χ3v) is 8.13. The van der Waals surface area contributed by atoms with Gasteiger partial charge in [-0.05, 0) is 0 Å². The van der Waals surface area contributed by atoms with Crippen molar-refractivity contribution < 1.29 is 36.6 Å². The average Bonchev–Trinajstić information content (AvgIpc) is 3.09. The minimum Gasteiger partial charge on any atom is -0.480 e. The number of carbonyl (C=O) groups is 2. The first-order chi connectivity index (χ1) is 12.3. The molecule has 0 aromatic heterocycles. The quantitative estimate of drug-likeness (QED) is 0.336. The van der Waals surface area contributed by atoms with Crippen LogP contribution in [0.5, 0.6) is 0 Å². The van der Waals surface area contributed by atoms with Crippen molar-refractivity contribution in [2.75, 3.05) is 41.2 Å². The highest BCUT2D eigenvalue weighted by Gasteiger charge is 2.26. The molecule has 12 nitrogen and oxygen atoms in total. The van der Waals surface area contributed by atoms with E-state index < -0.39 is 48.2 Å². The van der Waals surface area contributed by atoms with Crippen LogP contribution in [-0.4, -0.2) is 90.5 Å². The largest absolute Gasteiger partial charge is 0.480 e. The molecule has 0 aromatic carbocycles. The van der Waals surface area contributed by atoms with Gasteiger partial charge in [0.25, 0.3) is 0 Å². The van der Waals surface area contributed by atoms with Crippen LogP contribution in [0.15, 0.2) is 9.98 Å². The smallest absolute Gasteiger partial charge is 0.318 e. The van der Waals surface area contributed by atoms with Gasteiger partial charge < -0.3 is 21.7 Å². The van der Waals surface area contributed by atoms with E-state index in [0.29, 0.717) is 0 Å². The average molecular weight is 465 g/mol. The number of rotatable bonds is 6. The van der Waals surface area contributed by atoms with E-state index in [1.807, 2.05) is 0 Å². The molecular formula is C11H20N4O8S4.